The molecule has 0 amide bonds. The maximum atomic E-state index is 6.12. The lowest BCUT2D eigenvalue weighted by atomic mass is 10.1. The lowest BCUT2D eigenvalue weighted by molar-refractivity contribution is 1.19. The van der Waals surface area contributed by atoms with Crippen LogP contribution in [0.2, 0.25) is 0 Å². The van der Waals surface area contributed by atoms with Gasteiger partial charge in [0.1, 0.15) is 0 Å². The first-order valence-corrected chi connectivity index (χ1v) is 6.16. The molecule has 2 N–H and O–H groups in total. The predicted octanol–water partition coefficient (Wildman–Crippen LogP) is 3.96. The van der Waals surface area contributed by atoms with Crippen molar-refractivity contribution in [3.05, 3.63) is 53.1 Å². The monoisotopic (exact) mass is 240 g/mol. The van der Waals surface area contributed by atoms with Gasteiger partial charge in [0.25, 0.3) is 0 Å². The van der Waals surface area contributed by atoms with Crippen LogP contribution in [0.5, 0.6) is 0 Å². The zero-order valence-electron chi connectivity index (χ0n) is 11.5. The Bertz CT molecular complexity index is 556. The minimum atomic E-state index is 0.821. The van der Waals surface area contributed by atoms with Crippen molar-refractivity contribution in [1.82, 2.24) is 0 Å². The van der Waals surface area contributed by atoms with Gasteiger partial charge < -0.3 is 10.6 Å². The highest BCUT2D eigenvalue weighted by atomic mass is 15.1. The molecular formula is C16H20N2. The number of nitrogens with two attached hydrogens (primary N) is 1. The van der Waals surface area contributed by atoms with Crippen LogP contribution in [0.25, 0.3) is 0 Å². The summed E-state index contributed by atoms with van der Waals surface area (Å²) >= 11 is 0. The summed E-state index contributed by atoms with van der Waals surface area (Å²) in [5.41, 5.74) is 12.9. The van der Waals surface area contributed by atoms with Crippen LogP contribution in [0.1, 0.15) is 16.7 Å². The van der Waals surface area contributed by atoms with Crippen LogP contribution >= 0.6 is 0 Å². The fourth-order valence-electron chi connectivity index (χ4n) is 2.02. The fraction of sp³-hybridized carbons (Fsp3) is 0.250. The number of hydrogen-bond acceptors (Lipinski definition) is 2. The molecule has 18 heavy (non-hydrogen) atoms. The Kier molecular flexibility index (Phi) is 3.28. The van der Waals surface area contributed by atoms with Crippen molar-refractivity contribution in [3.8, 4) is 0 Å². The topological polar surface area (TPSA) is 29.3 Å². The van der Waals surface area contributed by atoms with Gasteiger partial charge in [-0.05, 0) is 56.2 Å². The second kappa shape index (κ2) is 4.73. The largest absolute Gasteiger partial charge is 0.397 e. The van der Waals surface area contributed by atoms with E-state index in [1.807, 2.05) is 13.1 Å². The summed E-state index contributed by atoms with van der Waals surface area (Å²) in [5.74, 6) is 0. The third kappa shape index (κ3) is 2.33. The van der Waals surface area contributed by atoms with Crippen LogP contribution in [0.15, 0.2) is 36.4 Å². The molecule has 0 saturated heterocycles. The van der Waals surface area contributed by atoms with Crippen LogP contribution < -0.4 is 10.6 Å². The molecule has 0 spiro atoms. The van der Waals surface area contributed by atoms with Crippen molar-refractivity contribution >= 4 is 17.1 Å². The van der Waals surface area contributed by atoms with Gasteiger partial charge in [0, 0.05) is 12.7 Å². The lowest BCUT2D eigenvalue weighted by Gasteiger charge is -2.22. The summed E-state index contributed by atoms with van der Waals surface area (Å²) in [7, 11) is 2.05. The van der Waals surface area contributed by atoms with Gasteiger partial charge in [-0.25, -0.2) is 0 Å². The molecule has 2 aromatic carbocycles. The lowest BCUT2D eigenvalue weighted by Crippen LogP contribution is -2.12. The molecule has 0 bridgehead atoms. The van der Waals surface area contributed by atoms with Gasteiger partial charge in [0.05, 0.1) is 11.4 Å². The Morgan fingerprint density at radius 1 is 0.889 bits per heavy atom. The molecule has 2 heteroatoms. The van der Waals surface area contributed by atoms with Crippen molar-refractivity contribution in [2.24, 2.45) is 0 Å². The second-order valence-corrected chi connectivity index (χ2v) is 4.89. The number of nitrogens with zero attached hydrogens (tertiary/aromatic N) is 1. The van der Waals surface area contributed by atoms with E-state index in [1.54, 1.807) is 0 Å². The quantitative estimate of drug-likeness (QED) is 0.805. The number of rotatable bonds is 2. The number of benzene rings is 2. The SMILES string of the molecule is Cc1ccc(N(C)c2cc(C)c(C)cc2N)cc1. The summed E-state index contributed by atoms with van der Waals surface area (Å²) in [6.45, 7) is 6.29. The Labute approximate surface area is 109 Å². The van der Waals surface area contributed by atoms with E-state index in [2.05, 4.69) is 56.0 Å². The molecular weight excluding hydrogens is 220 g/mol. The van der Waals surface area contributed by atoms with Gasteiger partial charge in [-0.15, -0.1) is 0 Å². The van der Waals surface area contributed by atoms with Gasteiger partial charge in [0.2, 0.25) is 0 Å². The summed E-state index contributed by atoms with van der Waals surface area (Å²) in [5, 5.41) is 0. The first-order chi connectivity index (χ1) is 8.49. The van der Waals surface area contributed by atoms with E-state index in [0.29, 0.717) is 0 Å². The second-order valence-electron chi connectivity index (χ2n) is 4.89. The van der Waals surface area contributed by atoms with Gasteiger partial charge in [-0.2, -0.15) is 0 Å². The van der Waals surface area contributed by atoms with E-state index in [-0.39, 0.29) is 0 Å². The highest BCUT2D eigenvalue weighted by molar-refractivity contribution is 5.76. The highest BCUT2D eigenvalue weighted by Gasteiger charge is 2.09. The number of nitrogen functional groups attached to an aromatic ring is 1. The molecule has 0 heterocycles. The van der Waals surface area contributed by atoms with Crippen LogP contribution in [0.3, 0.4) is 0 Å². The van der Waals surface area contributed by atoms with E-state index >= 15 is 0 Å². The van der Waals surface area contributed by atoms with E-state index in [0.717, 1.165) is 17.1 Å². The van der Waals surface area contributed by atoms with Crippen molar-refractivity contribution in [2.75, 3.05) is 17.7 Å². The first kappa shape index (κ1) is 12.5. The summed E-state index contributed by atoms with van der Waals surface area (Å²) in [6.07, 6.45) is 0. The van der Waals surface area contributed by atoms with Gasteiger partial charge in [-0.1, -0.05) is 17.7 Å². The van der Waals surface area contributed by atoms with E-state index in [4.69, 9.17) is 5.73 Å². The van der Waals surface area contributed by atoms with Crippen LogP contribution in [0.4, 0.5) is 17.1 Å². The van der Waals surface area contributed by atoms with Crippen molar-refractivity contribution in [3.63, 3.8) is 0 Å². The average molecular weight is 240 g/mol. The predicted molar refractivity (Wildman–Crippen MR) is 79.6 cm³/mol. The molecule has 2 rings (SSSR count). The van der Waals surface area contributed by atoms with E-state index in [9.17, 15) is 0 Å². The molecule has 0 aliphatic heterocycles. The van der Waals surface area contributed by atoms with Crippen molar-refractivity contribution in [1.29, 1.82) is 0 Å². The standard InChI is InChI=1S/C16H20N2/c1-11-5-7-14(8-6-11)18(4)16-10-13(3)12(2)9-15(16)17/h5-10H,17H2,1-4H3. The fourth-order valence-corrected chi connectivity index (χ4v) is 2.02. The minimum absolute atomic E-state index is 0.821. The van der Waals surface area contributed by atoms with Crippen molar-refractivity contribution in [2.45, 2.75) is 20.8 Å². The van der Waals surface area contributed by atoms with Gasteiger partial charge in [-0.3, -0.25) is 0 Å². The number of anilines is 3. The maximum Gasteiger partial charge on any atom is 0.0644 e. The Hall–Kier alpha value is -1.96. The first-order valence-electron chi connectivity index (χ1n) is 6.16. The van der Waals surface area contributed by atoms with E-state index in [1.165, 1.54) is 16.7 Å². The van der Waals surface area contributed by atoms with E-state index < -0.39 is 0 Å². The molecule has 2 nitrogen and oxygen atoms in total. The number of hydrogen-bond donors (Lipinski definition) is 1. The molecule has 0 radical (unpaired) electrons. The maximum absolute atomic E-state index is 6.12. The molecule has 0 fully saturated rings. The average Bonchev–Trinajstić information content (AvgIpc) is 2.34. The molecule has 0 saturated carbocycles. The molecule has 0 aliphatic carbocycles. The molecule has 0 aliphatic rings. The molecule has 0 unspecified atom stereocenters. The van der Waals surface area contributed by atoms with Crippen LogP contribution in [-0.2, 0) is 0 Å². The smallest absolute Gasteiger partial charge is 0.0644 e. The van der Waals surface area contributed by atoms with Crippen LogP contribution in [0, 0.1) is 20.8 Å². The summed E-state index contributed by atoms with van der Waals surface area (Å²) in [6, 6.07) is 12.6. The zero-order valence-corrected chi connectivity index (χ0v) is 11.5. The summed E-state index contributed by atoms with van der Waals surface area (Å²) < 4.78 is 0. The minimum Gasteiger partial charge on any atom is -0.397 e. The molecule has 0 aromatic heterocycles. The molecule has 0 atom stereocenters. The molecule has 2 aromatic rings. The summed E-state index contributed by atoms with van der Waals surface area (Å²) in [4.78, 5) is 2.13. The Balaban J connectivity index is 2.42. The normalized spacial score (nSPS) is 10.4. The third-order valence-corrected chi connectivity index (χ3v) is 3.43. The third-order valence-electron chi connectivity index (χ3n) is 3.43. The van der Waals surface area contributed by atoms with Gasteiger partial charge >= 0.3 is 0 Å². The Morgan fingerprint density at radius 2 is 1.44 bits per heavy atom. The zero-order chi connectivity index (χ0) is 13.3. The number of aryl methyl sites for hydroxylation is 3. The highest BCUT2D eigenvalue weighted by Crippen LogP contribution is 2.31. The van der Waals surface area contributed by atoms with Crippen molar-refractivity contribution < 1.29 is 0 Å². The Morgan fingerprint density at radius 3 is 2.06 bits per heavy atom. The van der Waals surface area contributed by atoms with Gasteiger partial charge in [0.15, 0.2) is 0 Å². The molecule has 94 valence electrons. The van der Waals surface area contributed by atoms with Crippen LogP contribution in [-0.4, -0.2) is 7.05 Å².